The molecule has 1 amide bonds. The normalized spacial score (nSPS) is 23.0. The minimum Gasteiger partial charge on any atom is -0.348 e. The number of piperidine rings is 1. The fourth-order valence-corrected chi connectivity index (χ4v) is 4.27. The molecule has 3 rings (SSSR count). The second-order valence-electron chi connectivity index (χ2n) is 6.73. The number of nitrogens with zero attached hydrogens (tertiary/aromatic N) is 2. The Morgan fingerprint density at radius 2 is 2.00 bits per heavy atom. The van der Waals surface area contributed by atoms with Crippen LogP contribution in [0, 0.1) is 5.92 Å². The Morgan fingerprint density at radius 3 is 2.65 bits per heavy atom. The lowest BCUT2D eigenvalue weighted by Gasteiger charge is -2.44. The zero-order valence-electron chi connectivity index (χ0n) is 14.0. The maximum absolute atomic E-state index is 12.1. The van der Waals surface area contributed by atoms with E-state index in [1.807, 2.05) is 15.5 Å². The fraction of sp³-hybridized carbons (Fsp3) is 0.562. The highest BCUT2D eigenvalue weighted by Gasteiger charge is 2.38. The summed E-state index contributed by atoms with van der Waals surface area (Å²) in [7, 11) is 0. The van der Waals surface area contributed by atoms with Gasteiger partial charge in [0.25, 0.3) is 5.56 Å². The first-order valence-corrected chi connectivity index (χ1v) is 9.78. The molecule has 0 saturated carbocycles. The molecule has 2 N–H and O–H groups in total. The number of thiocarbonyl (C=S) groups is 1. The number of hydrogen-bond acceptors (Lipinski definition) is 3. The maximum Gasteiger partial charge on any atom is 0.250 e. The van der Waals surface area contributed by atoms with Gasteiger partial charge in [-0.1, -0.05) is 40.9 Å². The van der Waals surface area contributed by atoms with Gasteiger partial charge in [-0.2, -0.15) is 0 Å². The number of aromatic nitrogens is 1. The molecule has 0 spiro atoms. The lowest BCUT2D eigenvalue weighted by Crippen LogP contribution is -2.59. The lowest BCUT2D eigenvalue weighted by atomic mass is 9.83. The van der Waals surface area contributed by atoms with Gasteiger partial charge in [0.05, 0.1) is 0 Å². The average Bonchev–Trinajstić information content (AvgIpc) is 2.54. The molecule has 26 heavy (non-hydrogen) atoms. The van der Waals surface area contributed by atoms with E-state index in [-0.39, 0.29) is 17.4 Å². The molecule has 1 unspecified atom stereocenters. The predicted octanol–water partition coefficient (Wildman–Crippen LogP) is 1.97. The second-order valence-corrected chi connectivity index (χ2v) is 9.48. The van der Waals surface area contributed by atoms with E-state index in [4.69, 9.17) is 47.0 Å². The van der Waals surface area contributed by atoms with Crippen molar-refractivity contribution in [3.8, 4) is 0 Å². The molecular formula is C16H19Cl3N4O2S. The molecule has 0 radical (unpaired) electrons. The van der Waals surface area contributed by atoms with Crippen LogP contribution in [0.5, 0.6) is 0 Å². The molecule has 1 aromatic rings. The summed E-state index contributed by atoms with van der Waals surface area (Å²) in [5.41, 5.74) is 1.06. The van der Waals surface area contributed by atoms with Crippen LogP contribution < -0.4 is 16.2 Å². The molecule has 142 valence electrons. The van der Waals surface area contributed by atoms with Gasteiger partial charge in [-0.3, -0.25) is 9.59 Å². The number of nitrogens with one attached hydrogen (secondary N) is 2. The number of carbonyl (C=O) groups excluding carboxylic acids is 1. The number of likely N-dealkylation sites (tertiary alicyclic amines) is 1. The first kappa shape index (κ1) is 19.7. The van der Waals surface area contributed by atoms with Crippen LogP contribution in [0.25, 0.3) is 0 Å². The van der Waals surface area contributed by atoms with Crippen LogP contribution in [0.15, 0.2) is 23.0 Å². The van der Waals surface area contributed by atoms with E-state index in [9.17, 15) is 9.59 Å². The number of halogens is 3. The number of hydrogen-bond donors (Lipinski definition) is 2. The van der Waals surface area contributed by atoms with Crippen LogP contribution in [-0.4, -0.2) is 43.5 Å². The molecule has 10 heteroatoms. The Labute approximate surface area is 171 Å². The smallest absolute Gasteiger partial charge is 0.250 e. The average molecular weight is 438 g/mol. The summed E-state index contributed by atoms with van der Waals surface area (Å²) >= 11 is 23.3. The second kappa shape index (κ2) is 7.54. The summed E-state index contributed by atoms with van der Waals surface area (Å²) in [6, 6.07) is 5.37. The summed E-state index contributed by atoms with van der Waals surface area (Å²) in [6.07, 6.45) is 0.0801. The molecule has 3 atom stereocenters. The van der Waals surface area contributed by atoms with E-state index in [1.165, 1.54) is 6.92 Å². The summed E-state index contributed by atoms with van der Waals surface area (Å²) in [4.78, 5) is 25.5. The van der Waals surface area contributed by atoms with Crippen molar-refractivity contribution in [1.29, 1.82) is 0 Å². The molecule has 2 aliphatic heterocycles. The molecule has 3 heterocycles. The van der Waals surface area contributed by atoms with Crippen LogP contribution in [-0.2, 0) is 11.3 Å². The minimum atomic E-state index is -1.75. The maximum atomic E-state index is 12.1. The molecule has 1 saturated heterocycles. The van der Waals surface area contributed by atoms with Crippen LogP contribution >= 0.6 is 47.0 Å². The Balaban J connectivity index is 1.74. The molecular weight excluding hydrogens is 419 g/mol. The van der Waals surface area contributed by atoms with Crippen molar-refractivity contribution in [2.24, 2.45) is 5.92 Å². The van der Waals surface area contributed by atoms with Gasteiger partial charge in [-0.25, -0.2) is 0 Å². The standard InChI is InChI=1S/C16H19Cl3N4O2S/c1-9(24)20-14(16(17,18)19)21-15(26)22-6-10-5-11(8-22)12-3-2-4-13(25)23(12)7-10/h2-4,10-11,14H,5-8H2,1H3,(H,20,24)(H,21,26)/t10-,11+,14?/m0/s1. The van der Waals surface area contributed by atoms with E-state index in [1.54, 1.807) is 12.1 Å². The van der Waals surface area contributed by atoms with E-state index >= 15 is 0 Å². The molecule has 2 aliphatic rings. The van der Waals surface area contributed by atoms with Crippen molar-refractivity contribution >= 4 is 58.0 Å². The van der Waals surface area contributed by atoms with Gasteiger partial charge in [0, 0.05) is 44.2 Å². The monoisotopic (exact) mass is 436 g/mol. The van der Waals surface area contributed by atoms with Gasteiger partial charge in [0.1, 0.15) is 6.17 Å². The fourth-order valence-electron chi connectivity index (χ4n) is 3.68. The highest BCUT2D eigenvalue weighted by Crippen LogP contribution is 2.35. The number of carbonyl (C=O) groups is 1. The van der Waals surface area contributed by atoms with Crippen LogP contribution in [0.4, 0.5) is 0 Å². The third-order valence-electron chi connectivity index (χ3n) is 4.71. The summed E-state index contributed by atoms with van der Waals surface area (Å²) in [6.45, 7) is 3.38. The Hall–Kier alpha value is -1.02. The molecule has 2 bridgehead atoms. The Bertz CT molecular complexity index is 779. The zero-order valence-corrected chi connectivity index (χ0v) is 17.1. The van der Waals surface area contributed by atoms with Gasteiger partial charge in [-0.15, -0.1) is 0 Å². The van der Waals surface area contributed by atoms with Crippen molar-refractivity contribution in [3.63, 3.8) is 0 Å². The highest BCUT2D eigenvalue weighted by molar-refractivity contribution is 7.80. The first-order valence-electron chi connectivity index (χ1n) is 8.24. The van der Waals surface area contributed by atoms with Crippen molar-refractivity contribution in [3.05, 3.63) is 34.2 Å². The number of rotatable bonds is 2. The largest absolute Gasteiger partial charge is 0.348 e. The van der Waals surface area contributed by atoms with Crippen molar-refractivity contribution in [2.45, 2.75) is 35.8 Å². The highest BCUT2D eigenvalue weighted by atomic mass is 35.6. The molecule has 1 fully saturated rings. The third-order valence-corrected chi connectivity index (χ3v) is 5.74. The van der Waals surface area contributed by atoms with Crippen molar-refractivity contribution in [1.82, 2.24) is 20.1 Å². The van der Waals surface area contributed by atoms with Crippen molar-refractivity contribution in [2.75, 3.05) is 13.1 Å². The van der Waals surface area contributed by atoms with Crippen LogP contribution in [0.3, 0.4) is 0 Å². The van der Waals surface area contributed by atoms with Crippen LogP contribution in [0.2, 0.25) is 0 Å². The van der Waals surface area contributed by atoms with Gasteiger partial charge in [0.2, 0.25) is 9.70 Å². The first-order chi connectivity index (χ1) is 12.1. The quantitative estimate of drug-likeness (QED) is 0.421. The zero-order chi connectivity index (χ0) is 19.1. The van der Waals surface area contributed by atoms with Gasteiger partial charge >= 0.3 is 0 Å². The van der Waals surface area contributed by atoms with Crippen molar-refractivity contribution < 1.29 is 4.79 Å². The molecule has 0 aliphatic carbocycles. The summed E-state index contributed by atoms with van der Waals surface area (Å²) in [5.74, 6) is 0.191. The van der Waals surface area contributed by atoms with E-state index in [2.05, 4.69) is 10.6 Å². The van der Waals surface area contributed by atoms with E-state index in [0.717, 1.165) is 12.1 Å². The number of fused-ring (bicyclic) bond motifs is 4. The molecule has 0 aromatic carbocycles. The van der Waals surface area contributed by atoms with E-state index in [0.29, 0.717) is 30.7 Å². The summed E-state index contributed by atoms with van der Waals surface area (Å²) < 4.78 is 0.107. The molecule has 1 aromatic heterocycles. The van der Waals surface area contributed by atoms with Gasteiger partial charge in [-0.05, 0) is 30.6 Å². The number of alkyl halides is 3. The SMILES string of the molecule is CC(=O)NC(NC(=S)N1C[C@@H]2C[C@H](C1)c1cccc(=O)n1C2)C(Cl)(Cl)Cl. The Kier molecular flexibility index (Phi) is 5.72. The lowest BCUT2D eigenvalue weighted by molar-refractivity contribution is -0.119. The van der Waals surface area contributed by atoms with Crippen LogP contribution in [0.1, 0.15) is 25.0 Å². The minimum absolute atomic E-state index is 0.0354. The Morgan fingerprint density at radius 1 is 1.27 bits per heavy atom. The van der Waals surface area contributed by atoms with Gasteiger partial charge in [0.15, 0.2) is 5.11 Å². The molecule has 6 nitrogen and oxygen atoms in total. The predicted molar refractivity (Wildman–Crippen MR) is 107 cm³/mol. The van der Waals surface area contributed by atoms with Gasteiger partial charge < -0.3 is 20.1 Å². The van der Waals surface area contributed by atoms with E-state index < -0.39 is 9.96 Å². The third kappa shape index (κ3) is 4.27. The summed E-state index contributed by atoms with van der Waals surface area (Å²) in [5, 5.41) is 5.91. The number of amides is 1. The number of pyridine rings is 1. The topological polar surface area (TPSA) is 66.4 Å².